The maximum atomic E-state index is 9.00. The van der Waals surface area contributed by atoms with Crippen molar-refractivity contribution in [3.8, 4) is 5.75 Å². The van der Waals surface area contributed by atoms with Gasteiger partial charge in [-0.25, -0.2) is 5.84 Å². The first kappa shape index (κ1) is 27.4. The number of nitrogens with zero attached hydrogens (tertiary/aromatic N) is 2. The van der Waals surface area contributed by atoms with Gasteiger partial charge in [0.25, 0.3) is 5.97 Å². The number of hydrazone groups is 1. The maximum Gasteiger partial charge on any atom is 0.300 e. The fraction of sp³-hybridized carbons (Fsp3) is 0.280. The molecule has 0 radical (unpaired) electrons. The average Bonchev–Trinajstić information content (AvgIpc) is 2.96. The number of rotatable bonds is 8. The van der Waals surface area contributed by atoms with E-state index in [1.54, 1.807) is 6.08 Å². The molecule has 9 heteroatoms. The number of carboxylic acids is 1. The Labute approximate surface area is 213 Å². The third kappa shape index (κ3) is 9.99. The van der Waals surface area contributed by atoms with E-state index in [2.05, 4.69) is 21.0 Å². The zero-order chi connectivity index (χ0) is 24.9. The molecule has 0 bridgehead atoms. The predicted octanol–water partition coefficient (Wildman–Crippen LogP) is 5.98. The van der Waals surface area contributed by atoms with Crippen LogP contribution < -0.4 is 10.6 Å². The van der Waals surface area contributed by atoms with Crippen LogP contribution in [0.1, 0.15) is 31.7 Å². The number of ether oxygens (including phenoxy) is 2. The van der Waals surface area contributed by atoms with E-state index in [4.69, 9.17) is 36.8 Å². The maximum absolute atomic E-state index is 9.00. The Morgan fingerprint density at radius 2 is 1.94 bits per heavy atom. The van der Waals surface area contributed by atoms with Gasteiger partial charge in [-0.15, -0.1) is 0 Å². The van der Waals surface area contributed by atoms with Crippen molar-refractivity contribution in [2.45, 2.75) is 33.1 Å². The van der Waals surface area contributed by atoms with Gasteiger partial charge in [0, 0.05) is 31.2 Å². The zero-order valence-electron chi connectivity index (χ0n) is 19.2. The Balaban J connectivity index is 0.000000945. The molecule has 0 unspecified atom stereocenters. The van der Waals surface area contributed by atoms with Gasteiger partial charge in [0.1, 0.15) is 17.2 Å². The van der Waals surface area contributed by atoms with Crippen molar-refractivity contribution in [2.75, 3.05) is 13.2 Å². The van der Waals surface area contributed by atoms with E-state index < -0.39 is 5.97 Å². The molecule has 0 amide bonds. The molecule has 3 rings (SSSR count). The van der Waals surface area contributed by atoms with E-state index >= 15 is 0 Å². The van der Waals surface area contributed by atoms with Crippen molar-refractivity contribution >= 4 is 39.2 Å². The molecule has 0 spiro atoms. The average molecular weight is 551 g/mol. The molecule has 2 aliphatic carbocycles. The highest BCUT2D eigenvalue weighted by Gasteiger charge is 2.15. The SMILES string of the molecule is CC(=O)O.Cc1ccc(OCCCOC2=C(N(N)/N=C3/C=CC=CC3)C=C(Cl)C=CC2)c(Br)c1. The lowest BCUT2D eigenvalue weighted by Crippen LogP contribution is -2.27. The Morgan fingerprint density at radius 3 is 2.62 bits per heavy atom. The van der Waals surface area contributed by atoms with Crippen LogP contribution >= 0.6 is 27.5 Å². The van der Waals surface area contributed by atoms with Crippen LogP contribution in [0.3, 0.4) is 0 Å². The topological polar surface area (TPSA) is 97.4 Å². The van der Waals surface area contributed by atoms with Gasteiger partial charge in [-0.3, -0.25) is 4.79 Å². The second kappa shape index (κ2) is 14.5. The van der Waals surface area contributed by atoms with Gasteiger partial charge in [-0.2, -0.15) is 10.2 Å². The molecule has 0 saturated heterocycles. The van der Waals surface area contributed by atoms with Gasteiger partial charge in [-0.1, -0.05) is 42.0 Å². The summed E-state index contributed by atoms with van der Waals surface area (Å²) in [4.78, 5) is 9.00. The molecule has 0 aliphatic heterocycles. The van der Waals surface area contributed by atoms with Crippen LogP contribution in [0.4, 0.5) is 0 Å². The number of hydrogen-bond acceptors (Lipinski definition) is 6. The summed E-state index contributed by atoms with van der Waals surface area (Å²) in [7, 11) is 0. The van der Waals surface area contributed by atoms with E-state index in [-0.39, 0.29) is 0 Å². The molecule has 34 heavy (non-hydrogen) atoms. The molecule has 0 fully saturated rings. The second-order valence-corrected chi connectivity index (χ2v) is 8.67. The summed E-state index contributed by atoms with van der Waals surface area (Å²) in [5, 5.41) is 13.8. The van der Waals surface area contributed by atoms with Crippen molar-refractivity contribution in [1.29, 1.82) is 0 Å². The number of halogens is 2. The molecule has 0 heterocycles. The lowest BCUT2D eigenvalue weighted by molar-refractivity contribution is -0.134. The fourth-order valence-electron chi connectivity index (χ4n) is 2.90. The first-order valence-corrected chi connectivity index (χ1v) is 11.9. The zero-order valence-corrected chi connectivity index (χ0v) is 21.6. The molecule has 0 atom stereocenters. The monoisotopic (exact) mass is 549 g/mol. The first-order valence-electron chi connectivity index (χ1n) is 10.7. The Morgan fingerprint density at radius 1 is 1.21 bits per heavy atom. The van der Waals surface area contributed by atoms with E-state index in [0.717, 1.165) is 41.5 Å². The summed E-state index contributed by atoms with van der Waals surface area (Å²) < 4.78 is 12.8. The van der Waals surface area contributed by atoms with Crippen molar-refractivity contribution < 1.29 is 19.4 Å². The highest BCUT2D eigenvalue weighted by molar-refractivity contribution is 9.10. The number of carboxylic acid groups (broad SMARTS) is 1. The highest BCUT2D eigenvalue weighted by atomic mass is 79.9. The third-order valence-corrected chi connectivity index (χ3v) is 5.25. The Kier molecular flexibility index (Phi) is 11.7. The number of nitrogens with two attached hydrogens (primary N) is 1. The van der Waals surface area contributed by atoms with Gasteiger partial charge in [0.2, 0.25) is 0 Å². The van der Waals surface area contributed by atoms with E-state index in [9.17, 15) is 0 Å². The smallest absolute Gasteiger partial charge is 0.300 e. The largest absolute Gasteiger partial charge is 0.495 e. The molecular weight excluding hydrogens is 522 g/mol. The minimum Gasteiger partial charge on any atom is -0.495 e. The number of aryl methyl sites for hydroxylation is 1. The molecule has 0 aromatic heterocycles. The summed E-state index contributed by atoms with van der Waals surface area (Å²) in [5.74, 6) is 6.94. The van der Waals surface area contributed by atoms with Crippen LogP contribution in [0, 0.1) is 6.92 Å². The van der Waals surface area contributed by atoms with Crippen LogP contribution in [0.25, 0.3) is 0 Å². The second-order valence-electron chi connectivity index (χ2n) is 7.37. The number of hydrogen-bond donors (Lipinski definition) is 2. The molecule has 0 saturated carbocycles. The standard InChI is InChI=1S/C23H25BrClN3O2.C2H4O2/c1-17-11-12-22(20(24)15-17)29-13-6-14-30-23-10-5-7-18(25)16-21(23)28(26)27-19-8-3-2-4-9-19;1-2(3)4/h2-5,7-8,11-12,15-16H,6,9-10,13-14,26H2,1H3;1H3,(H,3,4)/b27-19-;. The lowest BCUT2D eigenvalue weighted by atomic mass is 10.2. The summed E-state index contributed by atoms with van der Waals surface area (Å²) in [6.07, 6.45) is 15.5. The van der Waals surface area contributed by atoms with Crippen molar-refractivity contribution in [3.05, 3.63) is 87.3 Å². The van der Waals surface area contributed by atoms with Crippen molar-refractivity contribution in [2.24, 2.45) is 10.9 Å². The quantitative estimate of drug-likeness (QED) is 0.235. The Hall–Kier alpha value is -2.81. The molecule has 3 N–H and O–H groups in total. The van der Waals surface area contributed by atoms with Crippen molar-refractivity contribution in [1.82, 2.24) is 5.12 Å². The first-order chi connectivity index (χ1) is 16.3. The van der Waals surface area contributed by atoms with Crippen LogP contribution in [0.2, 0.25) is 0 Å². The number of carbonyl (C=O) groups is 1. The van der Waals surface area contributed by atoms with Crippen LogP contribution in [0.15, 0.2) is 86.8 Å². The third-order valence-electron chi connectivity index (χ3n) is 4.40. The number of aliphatic carboxylic acids is 1. The molecule has 1 aromatic carbocycles. The van der Waals surface area contributed by atoms with Gasteiger partial charge < -0.3 is 14.6 Å². The van der Waals surface area contributed by atoms with Crippen molar-refractivity contribution in [3.63, 3.8) is 0 Å². The van der Waals surface area contributed by atoms with Gasteiger partial charge in [0.05, 0.1) is 23.4 Å². The summed E-state index contributed by atoms with van der Waals surface area (Å²) in [6.45, 7) is 4.17. The summed E-state index contributed by atoms with van der Waals surface area (Å²) in [6, 6.07) is 6.02. The highest BCUT2D eigenvalue weighted by Crippen LogP contribution is 2.26. The minimum absolute atomic E-state index is 0.495. The molecule has 182 valence electrons. The van der Waals surface area contributed by atoms with E-state index in [0.29, 0.717) is 30.4 Å². The molecule has 7 nitrogen and oxygen atoms in total. The number of hydrazine groups is 1. The normalized spacial score (nSPS) is 15.9. The van der Waals surface area contributed by atoms with E-state index in [1.807, 2.05) is 61.6 Å². The van der Waals surface area contributed by atoms with Gasteiger partial charge >= 0.3 is 0 Å². The minimum atomic E-state index is -0.833. The van der Waals surface area contributed by atoms with Gasteiger partial charge in [-0.05, 0) is 58.8 Å². The lowest BCUT2D eigenvalue weighted by Gasteiger charge is -2.19. The molecule has 1 aromatic rings. The summed E-state index contributed by atoms with van der Waals surface area (Å²) >= 11 is 9.78. The van der Waals surface area contributed by atoms with Crippen LogP contribution in [-0.2, 0) is 9.53 Å². The predicted molar refractivity (Wildman–Crippen MR) is 139 cm³/mol. The van der Waals surface area contributed by atoms with Crippen LogP contribution in [0.5, 0.6) is 5.75 Å². The molecule has 2 aliphatic rings. The fourth-order valence-corrected chi connectivity index (χ4v) is 3.70. The van der Waals surface area contributed by atoms with Crippen LogP contribution in [-0.4, -0.2) is 35.1 Å². The summed E-state index contributed by atoms with van der Waals surface area (Å²) in [5.41, 5.74) is 2.69. The number of allylic oxidation sites excluding steroid dienone is 8. The van der Waals surface area contributed by atoms with E-state index in [1.165, 1.54) is 10.7 Å². The number of benzene rings is 1. The molecular formula is C25H29BrClN3O4. The van der Waals surface area contributed by atoms with Gasteiger partial charge in [0.15, 0.2) is 0 Å². The Bertz CT molecular complexity index is 1040.